The summed E-state index contributed by atoms with van der Waals surface area (Å²) < 4.78 is 0. The minimum absolute atomic E-state index is 0.00741. The van der Waals surface area contributed by atoms with Crippen molar-refractivity contribution in [2.24, 2.45) is 0 Å². The lowest BCUT2D eigenvalue weighted by Gasteiger charge is -2.15. The summed E-state index contributed by atoms with van der Waals surface area (Å²) in [5.41, 5.74) is 1.21. The smallest absolute Gasteiger partial charge is 0.269 e. The number of nitro benzene ring substituents is 1. The monoisotopic (exact) mass is 300 g/mol. The lowest BCUT2D eigenvalue weighted by atomic mass is 9.95. The van der Waals surface area contributed by atoms with E-state index in [4.69, 9.17) is 0 Å². The van der Waals surface area contributed by atoms with Gasteiger partial charge >= 0.3 is 0 Å². The summed E-state index contributed by atoms with van der Waals surface area (Å²) in [5, 5.41) is 22.8. The molecule has 114 valence electrons. The van der Waals surface area contributed by atoms with Crippen LogP contribution in [0.1, 0.15) is 24.8 Å². The average molecular weight is 300 g/mol. The molecule has 2 aromatic carbocycles. The first kappa shape index (κ1) is 15.5. The molecule has 2 aromatic rings. The van der Waals surface area contributed by atoms with Crippen LogP contribution in [-0.4, -0.2) is 15.9 Å². The summed E-state index contributed by atoms with van der Waals surface area (Å²) in [7, 11) is 0. The predicted molar refractivity (Wildman–Crippen MR) is 82.9 cm³/mol. The molecule has 1 amide bonds. The van der Waals surface area contributed by atoms with Crippen LogP contribution in [0.3, 0.4) is 0 Å². The van der Waals surface area contributed by atoms with Crippen LogP contribution in [0.15, 0.2) is 48.5 Å². The fourth-order valence-corrected chi connectivity index (χ4v) is 2.21. The van der Waals surface area contributed by atoms with Gasteiger partial charge in [-0.2, -0.15) is 0 Å². The number of rotatable bonds is 5. The summed E-state index contributed by atoms with van der Waals surface area (Å²) in [4.78, 5) is 22.5. The van der Waals surface area contributed by atoms with Crippen LogP contribution >= 0.6 is 0 Å². The van der Waals surface area contributed by atoms with Gasteiger partial charge in [0.2, 0.25) is 5.91 Å². The molecule has 1 unspecified atom stereocenters. The van der Waals surface area contributed by atoms with Crippen LogP contribution < -0.4 is 5.32 Å². The number of hydrogen-bond acceptors (Lipinski definition) is 4. The summed E-state index contributed by atoms with van der Waals surface area (Å²) in [6, 6.07) is 12.3. The highest BCUT2D eigenvalue weighted by Crippen LogP contribution is 2.24. The minimum atomic E-state index is -0.475. The molecule has 0 bridgehead atoms. The predicted octanol–water partition coefficient (Wildman–Crippen LogP) is 3.43. The number of aromatic hydroxyl groups is 1. The molecule has 0 heterocycles. The Labute approximate surface area is 127 Å². The average Bonchev–Trinajstić information content (AvgIpc) is 2.48. The Balaban J connectivity index is 2.16. The molecule has 6 heteroatoms. The Bertz CT molecular complexity index is 683. The van der Waals surface area contributed by atoms with E-state index >= 15 is 0 Å². The molecule has 0 spiro atoms. The van der Waals surface area contributed by atoms with E-state index in [1.807, 2.05) is 6.92 Å². The van der Waals surface area contributed by atoms with E-state index in [2.05, 4.69) is 5.32 Å². The van der Waals surface area contributed by atoms with E-state index < -0.39 is 10.8 Å². The van der Waals surface area contributed by atoms with E-state index in [-0.39, 0.29) is 17.3 Å². The van der Waals surface area contributed by atoms with Crippen molar-refractivity contribution in [1.82, 2.24) is 0 Å². The topological polar surface area (TPSA) is 92.5 Å². The van der Waals surface area contributed by atoms with Gasteiger partial charge in [0.15, 0.2) is 0 Å². The van der Waals surface area contributed by atoms with Gasteiger partial charge < -0.3 is 10.4 Å². The molecule has 0 saturated heterocycles. The molecule has 22 heavy (non-hydrogen) atoms. The molecule has 0 radical (unpaired) electrons. The number of hydrogen-bond donors (Lipinski definition) is 2. The third-order valence-corrected chi connectivity index (χ3v) is 3.34. The van der Waals surface area contributed by atoms with E-state index in [1.54, 1.807) is 24.3 Å². The second kappa shape index (κ2) is 6.71. The van der Waals surface area contributed by atoms with Gasteiger partial charge in [-0.15, -0.1) is 0 Å². The van der Waals surface area contributed by atoms with Crippen LogP contribution in [0.2, 0.25) is 0 Å². The van der Waals surface area contributed by atoms with Gasteiger partial charge in [0.05, 0.1) is 10.8 Å². The van der Waals surface area contributed by atoms with Gasteiger partial charge in [-0.25, -0.2) is 0 Å². The molecule has 1 atom stereocenters. The number of phenols is 1. The molecular weight excluding hydrogens is 284 g/mol. The molecule has 0 fully saturated rings. The second-order valence-corrected chi connectivity index (χ2v) is 4.85. The SMILES string of the molecule is CCC(C(=O)Nc1cccc(O)c1)c1ccc([N+](=O)[O-])cc1. The zero-order chi connectivity index (χ0) is 16.1. The largest absolute Gasteiger partial charge is 0.508 e. The van der Waals surface area contributed by atoms with Gasteiger partial charge in [0.25, 0.3) is 5.69 Å². The van der Waals surface area contributed by atoms with Crippen molar-refractivity contribution >= 4 is 17.3 Å². The normalized spacial score (nSPS) is 11.7. The summed E-state index contributed by atoms with van der Waals surface area (Å²) in [5.74, 6) is -0.564. The standard InChI is InChI=1S/C16H16N2O4/c1-2-15(11-6-8-13(9-7-11)18(21)22)16(20)17-12-4-3-5-14(19)10-12/h3-10,15,19H,2H2,1H3,(H,17,20). The van der Waals surface area contributed by atoms with Crippen molar-refractivity contribution in [3.8, 4) is 5.75 Å². The lowest BCUT2D eigenvalue weighted by Crippen LogP contribution is -2.20. The number of nitro groups is 1. The van der Waals surface area contributed by atoms with E-state index in [9.17, 15) is 20.0 Å². The highest BCUT2D eigenvalue weighted by Gasteiger charge is 2.19. The van der Waals surface area contributed by atoms with Gasteiger partial charge in [-0.3, -0.25) is 14.9 Å². The van der Waals surface area contributed by atoms with Crippen LogP contribution in [0.5, 0.6) is 5.75 Å². The van der Waals surface area contributed by atoms with E-state index in [0.717, 1.165) is 0 Å². The van der Waals surface area contributed by atoms with Crippen molar-refractivity contribution < 1.29 is 14.8 Å². The zero-order valence-corrected chi connectivity index (χ0v) is 12.0. The molecule has 6 nitrogen and oxygen atoms in total. The maximum Gasteiger partial charge on any atom is 0.269 e. The Kier molecular flexibility index (Phi) is 4.73. The quantitative estimate of drug-likeness (QED) is 0.653. The van der Waals surface area contributed by atoms with Crippen molar-refractivity contribution in [2.45, 2.75) is 19.3 Å². The number of anilines is 1. The second-order valence-electron chi connectivity index (χ2n) is 4.85. The molecule has 0 saturated carbocycles. The molecule has 2 N–H and O–H groups in total. The third kappa shape index (κ3) is 3.60. The molecule has 0 aliphatic rings. The Morgan fingerprint density at radius 3 is 2.50 bits per heavy atom. The summed E-state index contributed by atoms with van der Waals surface area (Å²) in [6.07, 6.45) is 0.558. The maximum atomic E-state index is 12.3. The number of nitrogens with one attached hydrogen (secondary N) is 1. The number of benzene rings is 2. The van der Waals surface area contributed by atoms with Crippen LogP contribution in [0.4, 0.5) is 11.4 Å². The van der Waals surface area contributed by atoms with Gasteiger partial charge in [0.1, 0.15) is 5.75 Å². The zero-order valence-electron chi connectivity index (χ0n) is 12.0. The Morgan fingerprint density at radius 1 is 1.27 bits per heavy atom. The number of carbonyl (C=O) groups is 1. The number of nitrogens with zero attached hydrogens (tertiary/aromatic N) is 1. The highest BCUT2D eigenvalue weighted by molar-refractivity contribution is 5.96. The first-order valence-electron chi connectivity index (χ1n) is 6.85. The van der Waals surface area contributed by atoms with Gasteiger partial charge in [0, 0.05) is 23.9 Å². The van der Waals surface area contributed by atoms with E-state index in [0.29, 0.717) is 17.7 Å². The van der Waals surface area contributed by atoms with Crippen molar-refractivity contribution in [3.63, 3.8) is 0 Å². The molecule has 0 aliphatic heterocycles. The number of amides is 1. The maximum absolute atomic E-state index is 12.3. The fourth-order valence-electron chi connectivity index (χ4n) is 2.21. The summed E-state index contributed by atoms with van der Waals surface area (Å²) in [6.45, 7) is 1.87. The Hall–Kier alpha value is -2.89. The molecular formula is C16H16N2O4. The molecule has 0 aliphatic carbocycles. The van der Waals surface area contributed by atoms with Gasteiger partial charge in [-0.1, -0.05) is 25.1 Å². The third-order valence-electron chi connectivity index (χ3n) is 3.34. The molecule has 2 rings (SSSR count). The van der Waals surface area contributed by atoms with Gasteiger partial charge in [-0.05, 0) is 24.1 Å². The number of carbonyl (C=O) groups excluding carboxylic acids is 1. The number of phenolic OH excluding ortho intramolecular Hbond substituents is 1. The summed E-state index contributed by atoms with van der Waals surface area (Å²) >= 11 is 0. The number of non-ortho nitro benzene ring substituents is 1. The molecule has 0 aromatic heterocycles. The van der Waals surface area contributed by atoms with E-state index in [1.165, 1.54) is 24.3 Å². The highest BCUT2D eigenvalue weighted by atomic mass is 16.6. The van der Waals surface area contributed by atoms with Crippen LogP contribution in [0, 0.1) is 10.1 Å². The first-order chi connectivity index (χ1) is 10.5. The van der Waals surface area contributed by atoms with Crippen LogP contribution in [0.25, 0.3) is 0 Å². The Morgan fingerprint density at radius 2 is 1.95 bits per heavy atom. The van der Waals surface area contributed by atoms with Crippen LogP contribution in [-0.2, 0) is 4.79 Å². The lowest BCUT2D eigenvalue weighted by molar-refractivity contribution is -0.384. The fraction of sp³-hybridized carbons (Fsp3) is 0.188. The van der Waals surface area contributed by atoms with Crippen molar-refractivity contribution in [3.05, 3.63) is 64.2 Å². The van der Waals surface area contributed by atoms with Crippen molar-refractivity contribution in [1.29, 1.82) is 0 Å². The first-order valence-corrected chi connectivity index (χ1v) is 6.85. The minimum Gasteiger partial charge on any atom is -0.508 e. The van der Waals surface area contributed by atoms with Crippen molar-refractivity contribution in [2.75, 3.05) is 5.32 Å².